The summed E-state index contributed by atoms with van der Waals surface area (Å²) in [6.45, 7) is 10.0. The number of aldehydes is 1. The maximum Gasteiger partial charge on any atom is 0.201 e. The molecule has 0 radical (unpaired) electrons. The van der Waals surface area contributed by atoms with Crippen LogP contribution in [0.15, 0.2) is 46.4 Å². The minimum Gasteiger partial charge on any atom is -0.440 e. The first-order valence-corrected chi connectivity index (χ1v) is 12.7. The Bertz CT molecular complexity index is 1340. The molecule has 0 amide bonds. The summed E-state index contributed by atoms with van der Waals surface area (Å²) >= 11 is 0. The Morgan fingerprint density at radius 1 is 1.25 bits per heavy atom. The van der Waals surface area contributed by atoms with Gasteiger partial charge in [-0.05, 0) is 67.5 Å². The number of piperidine rings is 1. The van der Waals surface area contributed by atoms with Gasteiger partial charge in [0.1, 0.15) is 17.2 Å². The second-order valence-electron chi connectivity index (χ2n) is 10.5. The molecule has 6 heteroatoms. The van der Waals surface area contributed by atoms with E-state index in [2.05, 4.69) is 62.9 Å². The van der Waals surface area contributed by atoms with Crippen LogP contribution in [0.2, 0.25) is 0 Å². The van der Waals surface area contributed by atoms with Crippen molar-refractivity contribution in [2.75, 3.05) is 32.1 Å². The number of rotatable bonds is 7. The van der Waals surface area contributed by atoms with Gasteiger partial charge in [0.15, 0.2) is 11.9 Å². The number of carbonyl (C=O) groups excluding carboxylic acids is 1. The monoisotopic (exact) mass is 484 g/mol. The van der Waals surface area contributed by atoms with E-state index in [1.165, 1.54) is 5.56 Å². The van der Waals surface area contributed by atoms with Gasteiger partial charge < -0.3 is 14.2 Å². The van der Waals surface area contributed by atoms with Gasteiger partial charge in [0.05, 0.1) is 5.70 Å². The van der Waals surface area contributed by atoms with Crippen LogP contribution in [-0.4, -0.2) is 43.4 Å². The number of benzene rings is 2. The zero-order chi connectivity index (χ0) is 26.0. The number of nitrogens with zero attached hydrogens (tertiary/aromatic N) is 4. The van der Waals surface area contributed by atoms with Crippen molar-refractivity contribution in [1.82, 2.24) is 9.88 Å². The molecule has 36 heavy (non-hydrogen) atoms. The Morgan fingerprint density at radius 3 is 2.58 bits per heavy atom. The maximum absolute atomic E-state index is 12.1. The summed E-state index contributed by atoms with van der Waals surface area (Å²) in [7, 11) is 3.99. The molecule has 6 nitrogen and oxygen atoms in total. The quantitative estimate of drug-likeness (QED) is 0.226. The van der Waals surface area contributed by atoms with Gasteiger partial charge in [-0.2, -0.15) is 5.26 Å². The molecular formula is C30H36N4O2. The summed E-state index contributed by atoms with van der Waals surface area (Å²) < 4.78 is 6.18. The summed E-state index contributed by atoms with van der Waals surface area (Å²) in [5.74, 6) is 1.15. The molecule has 1 aromatic heterocycles. The van der Waals surface area contributed by atoms with Crippen molar-refractivity contribution in [3.63, 3.8) is 0 Å². The van der Waals surface area contributed by atoms with Crippen LogP contribution in [0.4, 0.5) is 5.69 Å². The molecule has 1 aliphatic rings. The Balaban J connectivity index is 1.71. The zero-order valence-electron chi connectivity index (χ0n) is 22.3. The highest BCUT2D eigenvalue weighted by atomic mass is 16.3. The van der Waals surface area contributed by atoms with E-state index in [0.29, 0.717) is 25.3 Å². The van der Waals surface area contributed by atoms with Gasteiger partial charge in [-0.25, -0.2) is 4.98 Å². The van der Waals surface area contributed by atoms with E-state index in [-0.39, 0.29) is 11.0 Å². The number of allylic oxidation sites excluding steroid dienone is 1. The molecule has 4 rings (SSSR count). The molecule has 1 saturated heterocycles. The van der Waals surface area contributed by atoms with Gasteiger partial charge in [-0.1, -0.05) is 32.9 Å². The summed E-state index contributed by atoms with van der Waals surface area (Å²) in [6.07, 6.45) is 3.33. The molecule has 0 aliphatic carbocycles. The van der Waals surface area contributed by atoms with E-state index in [1.54, 1.807) is 0 Å². The Kier molecular flexibility index (Phi) is 7.21. The third-order valence-electron chi connectivity index (χ3n) is 7.67. The van der Waals surface area contributed by atoms with Crippen LogP contribution in [0, 0.1) is 18.3 Å². The molecule has 0 N–H and O–H groups in total. The van der Waals surface area contributed by atoms with Crippen LogP contribution in [-0.2, 0) is 10.2 Å². The van der Waals surface area contributed by atoms with Crippen LogP contribution >= 0.6 is 0 Å². The Hall–Kier alpha value is -3.59. The molecule has 3 aromatic rings. The molecule has 188 valence electrons. The molecule has 0 saturated carbocycles. The third kappa shape index (κ3) is 4.75. The zero-order valence-corrected chi connectivity index (χ0v) is 22.3. The van der Waals surface area contributed by atoms with Crippen molar-refractivity contribution in [3.05, 3.63) is 64.6 Å². The lowest BCUT2D eigenvalue weighted by molar-refractivity contribution is -0.104. The van der Waals surface area contributed by atoms with Gasteiger partial charge >= 0.3 is 0 Å². The number of fused-ring (bicyclic) bond motifs is 1. The number of nitriles is 1. The van der Waals surface area contributed by atoms with Crippen molar-refractivity contribution in [3.8, 4) is 6.07 Å². The second kappa shape index (κ2) is 10.2. The fourth-order valence-corrected chi connectivity index (χ4v) is 5.03. The Morgan fingerprint density at radius 2 is 1.97 bits per heavy atom. The number of hydrogen-bond acceptors (Lipinski definition) is 6. The van der Waals surface area contributed by atoms with Crippen LogP contribution in [0.3, 0.4) is 0 Å². The van der Waals surface area contributed by atoms with Crippen LogP contribution in [0.5, 0.6) is 0 Å². The van der Waals surface area contributed by atoms with Gasteiger partial charge in [-0.3, -0.25) is 4.79 Å². The molecule has 0 bridgehead atoms. The van der Waals surface area contributed by atoms with Crippen molar-refractivity contribution in [2.24, 2.45) is 0 Å². The van der Waals surface area contributed by atoms with E-state index < -0.39 is 0 Å². The average Bonchev–Trinajstić information content (AvgIpc) is 3.31. The lowest BCUT2D eigenvalue weighted by atomic mass is 9.79. The highest BCUT2D eigenvalue weighted by molar-refractivity contribution is 5.94. The smallest absolute Gasteiger partial charge is 0.201 e. The van der Waals surface area contributed by atoms with Gasteiger partial charge in [0, 0.05) is 43.9 Å². The van der Waals surface area contributed by atoms with E-state index in [0.717, 1.165) is 58.8 Å². The van der Waals surface area contributed by atoms with Crippen molar-refractivity contribution in [1.29, 1.82) is 5.26 Å². The maximum atomic E-state index is 12.1. The predicted octanol–water partition coefficient (Wildman–Crippen LogP) is 6.20. The summed E-state index contributed by atoms with van der Waals surface area (Å²) in [5, 5.41) is 9.92. The summed E-state index contributed by atoms with van der Waals surface area (Å²) in [6, 6.07) is 14.7. The number of likely N-dealkylation sites (tertiary alicyclic amines) is 1. The van der Waals surface area contributed by atoms with E-state index >= 15 is 0 Å². The fraction of sp³-hybridized carbons (Fsp3) is 0.433. The highest BCUT2D eigenvalue weighted by Gasteiger charge is 2.38. The molecule has 1 unspecified atom stereocenters. The van der Waals surface area contributed by atoms with E-state index in [4.69, 9.17) is 9.40 Å². The van der Waals surface area contributed by atoms with Crippen LogP contribution < -0.4 is 4.90 Å². The second-order valence-corrected chi connectivity index (χ2v) is 10.5. The Labute approximate surface area is 214 Å². The van der Waals surface area contributed by atoms with Gasteiger partial charge in [0.2, 0.25) is 5.89 Å². The first-order valence-electron chi connectivity index (χ1n) is 12.7. The number of hydrogen-bond donors (Lipinski definition) is 0. The van der Waals surface area contributed by atoms with E-state index in [9.17, 15) is 10.1 Å². The predicted molar refractivity (Wildman–Crippen MR) is 145 cm³/mol. The largest absolute Gasteiger partial charge is 0.440 e. The standard InChI is InChI=1S/C30H36N4O2/c1-7-21(3)22-9-10-26(33(5)6)24(17-22)28(23(18-31)19-35)34-14-12-30(4,13-15-34)29-32-25-16-20(2)8-11-27(25)36-29/h8-11,16-17,19,21H,7,12-15H2,1-6H3/b28-23+. The summed E-state index contributed by atoms with van der Waals surface area (Å²) in [5.41, 5.74) is 6.66. The first kappa shape index (κ1) is 25.5. The molecule has 1 atom stereocenters. The lowest BCUT2D eigenvalue weighted by Crippen LogP contribution is -2.40. The molecule has 0 spiro atoms. The average molecular weight is 485 g/mol. The number of aryl methyl sites for hydroxylation is 1. The van der Waals surface area contributed by atoms with Crippen LogP contribution in [0.1, 0.15) is 68.5 Å². The topological polar surface area (TPSA) is 73.4 Å². The fourth-order valence-electron chi connectivity index (χ4n) is 5.03. The van der Waals surface area contributed by atoms with Crippen LogP contribution in [0.25, 0.3) is 16.8 Å². The lowest BCUT2D eigenvalue weighted by Gasteiger charge is -2.40. The molecule has 1 fully saturated rings. The number of aromatic nitrogens is 1. The normalized spacial score (nSPS) is 16.9. The van der Waals surface area contributed by atoms with Gasteiger partial charge in [0.25, 0.3) is 0 Å². The number of anilines is 1. The van der Waals surface area contributed by atoms with E-state index in [1.807, 2.05) is 31.1 Å². The molecule has 2 heterocycles. The first-order chi connectivity index (χ1) is 17.2. The number of oxazole rings is 1. The third-order valence-corrected chi connectivity index (χ3v) is 7.67. The molecular weight excluding hydrogens is 448 g/mol. The summed E-state index contributed by atoms with van der Waals surface area (Å²) in [4.78, 5) is 21.2. The van der Waals surface area contributed by atoms with Gasteiger partial charge in [-0.15, -0.1) is 0 Å². The molecule has 1 aliphatic heterocycles. The highest BCUT2D eigenvalue weighted by Crippen LogP contribution is 2.41. The van der Waals surface area contributed by atoms with Crippen molar-refractivity contribution >= 4 is 28.8 Å². The SMILES string of the molecule is CCC(C)c1ccc(N(C)C)c(/C(=C(/C#N)C=O)N2CCC(C)(c3nc4cc(C)ccc4o3)CC2)c1. The van der Waals surface area contributed by atoms with Crippen molar-refractivity contribution < 1.29 is 9.21 Å². The minimum atomic E-state index is -0.217. The minimum absolute atomic E-state index is 0.167. The number of carbonyl (C=O) groups is 1. The van der Waals surface area contributed by atoms with Crippen molar-refractivity contribution in [2.45, 2.75) is 58.3 Å². The molecule has 2 aromatic carbocycles.